The number of aryl methyl sites for hydroxylation is 2. The molecule has 11 heteroatoms. The molecule has 0 bridgehead atoms. The van der Waals surface area contributed by atoms with Crippen LogP contribution >= 0.6 is 0 Å². The lowest BCUT2D eigenvalue weighted by molar-refractivity contribution is -0.274. The van der Waals surface area contributed by atoms with Crippen LogP contribution in [0.15, 0.2) is 58.1 Å². The van der Waals surface area contributed by atoms with Gasteiger partial charge in [-0.1, -0.05) is 25.7 Å². The summed E-state index contributed by atoms with van der Waals surface area (Å²) in [7, 11) is 0. The second-order valence-electron chi connectivity index (χ2n) is 8.36. The van der Waals surface area contributed by atoms with E-state index in [1.165, 1.54) is 28.8 Å². The number of aromatic nitrogens is 4. The van der Waals surface area contributed by atoms with Crippen molar-refractivity contribution in [3.05, 3.63) is 74.9 Å². The van der Waals surface area contributed by atoms with Crippen LogP contribution in [-0.2, 0) is 13.1 Å². The number of benzene rings is 2. The molecule has 2 aromatic heterocycles. The first-order valence-electron chi connectivity index (χ1n) is 12.0. The van der Waals surface area contributed by atoms with E-state index in [1.54, 1.807) is 12.1 Å². The molecule has 4 aromatic rings. The van der Waals surface area contributed by atoms with Crippen molar-refractivity contribution in [1.82, 2.24) is 19.1 Å². The Labute approximate surface area is 215 Å². The number of fused-ring (bicyclic) bond motifs is 1. The third kappa shape index (κ3) is 6.08. The number of H-pyrrole nitrogens is 1. The standard InChI is InChI=1S/C27H25F3N4O4/c1-3-15-33-22-24(34(16-4-2)26(36)32-25(22)35)31-23(33)19-9-13-20(14-10-19)37-17-5-6-18-7-11-21(12-8-18)38-27(28,29)30/h7-14H,3-4,15-17H2,1-2H3,(H,32,35,36). The molecule has 0 amide bonds. The number of halogens is 3. The summed E-state index contributed by atoms with van der Waals surface area (Å²) in [5.41, 5.74) is 1.05. The minimum absolute atomic E-state index is 0.0627. The van der Waals surface area contributed by atoms with E-state index in [9.17, 15) is 22.8 Å². The lowest BCUT2D eigenvalue weighted by atomic mass is 10.2. The predicted octanol–water partition coefficient (Wildman–Crippen LogP) is 4.70. The summed E-state index contributed by atoms with van der Waals surface area (Å²) in [6, 6.07) is 12.4. The number of nitrogens with one attached hydrogen (secondary N) is 1. The van der Waals surface area contributed by atoms with Gasteiger partial charge in [-0.15, -0.1) is 13.2 Å². The first-order valence-corrected chi connectivity index (χ1v) is 12.0. The maximum Gasteiger partial charge on any atom is 0.573 e. The zero-order chi connectivity index (χ0) is 27.3. The van der Waals surface area contributed by atoms with Gasteiger partial charge >= 0.3 is 12.1 Å². The van der Waals surface area contributed by atoms with Crippen molar-refractivity contribution in [3.8, 4) is 34.7 Å². The topological polar surface area (TPSA) is 91.1 Å². The highest BCUT2D eigenvalue weighted by Gasteiger charge is 2.30. The fraction of sp³-hybridized carbons (Fsp3) is 0.296. The zero-order valence-corrected chi connectivity index (χ0v) is 20.8. The number of nitrogens with zero attached hydrogens (tertiary/aromatic N) is 3. The quantitative estimate of drug-likeness (QED) is 0.336. The van der Waals surface area contributed by atoms with E-state index in [1.807, 2.05) is 30.5 Å². The fourth-order valence-electron chi connectivity index (χ4n) is 3.96. The Morgan fingerprint density at radius 1 is 0.921 bits per heavy atom. The second-order valence-corrected chi connectivity index (χ2v) is 8.36. The van der Waals surface area contributed by atoms with Crippen molar-refractivity contribution in [3.63, 3.8) is 0 Å². The molecule has 0 saturated heterocycles. The number of aromatic amines is 1. The van der Waals surface area contributed by atoms with E-state index in [2.05, 4.69) is 26.5 Å². The van der Waals surface area contributed by atoms with Crippen LogP contribution in [0.5, 0.6) is 11.5 Å². The molecule has 8 nitrogen and oxygen atoms in total. The van der Waals surface area contributed by atoms with Crippen LogP contribution in [0.25, 0.3) is 22.6 Å². The van der Waals surface area contributed by atoms with E-state index in [0.29, 0.717) is 47.8 Å². The highest BCUT2D eigenvalue weighted by atomic mass is 19.4. The Hall–Kier alpha value is -4.46. The van der Waals surface area contributed by atoms with Crippen LogP contribution in [0, 0.1) is 11.8 Å². The van der Waals surface area contributed by atoms with Gasteiger partial charge in [0.05, 0.1) is 0 Å². The second kappa shape index (κ2) is 11.3. The van der Waals surface area contributed by atoms with Crippen LogP contribution in [0.2, 0.25) is 0 Å². The SMILES string of the molecule is CCCn1c(-c2ccc(OCC#Cc3ccc(OC(F)(F)F)cc3)cc2)nc2c1c(=O)[nH]c(=O)n2CCC. The van der Waals surface area contributed by atoms with Gasteiger partial charge in [-0.2, -0.15) is 0 Å². The largest absolute Gasteiger partial charge is 0.573 e. The van der Waals surface area contributed by atoms with Gasteiger partial charge in [0.15, 0.2) is 11.2 Å². The van der Waals surface area contributed by atoms with Crippen molar-refractivity contribution in [1.29, 1.82) is 0 Å². The molecule has 0 radical (unpaired) electrons. The summed E-state index contributed by atoms with van der Waals surface area (Å²) in [6.45, 7) is 4.99. The molecule has 38 heavy (non-hydrogen) atoms. The number of rotatable bonds is 8. The Bertz CT molecular complexity index is 1590. The molecule has 2 heterocycles. The van der Waals surface area contributed by atoms with Crippen LogP contribution in [-0.4, -0.2) is 32.1 Å². The minimum atomic E-state index is -4.74. The van der Waals surface area contributed by atoms with Crippen molar-refractivity contribution in [2.45, 2.75) is 46.1 Å². The summed E-state index contributed by atoms with van der Waals surface area (Å²) < 4.78 is 49.6. The molecule has 1 N–H and O–H groups in total. The molecule has 0 fully saturated rings. The number of alkyl halides is 3. The molecule has 198 valence electrons. The van der Waals surface area contributed by atoms with Gasteiger partial charge in [0, 0.05) is 24.2 Å². The van der Waals surface area contributed by atoms with Gasteiger partial charge in [0.25, 0.3) is 5.56 Å². The highest BCUT2D eigenvalue weighted by molar-refractivity contribution is 5.77. The van der Waals surface area contributed by atoms with Gasteiger partial charge in [-0.05, 0) is 61.4 Å². The number of hydrogen-bond acceptors (Lipinski definition) is 5. The van der Waals surface area contributed by atoms with Gasteiger partial charge < -0.3 is 14.0 Å². The summed E-state index contributed by atoms with van der Waals surface area (Å²) in [5, 5.41) is 0. The molecule has 2 aromatic carbocycles. The molecule has 0 aliphatic heterocycles. The molecular weight excluding hydrogens is 501 g/mol. The van der Waals surface area contributed by atoms with Crippen LogP contribution in [0.1, 0.15) is 32.3 Å². The van der Waals surface area contributed by atoms with E-state index >= 15 is 0 Å². The highest BCUT2D eigenvalue weighted by Crippen LogP contribution is 2.26. The van der Waals surface area contributed by atoms with Gasteiger partial charge in [0.1, 0.15) is 23.9 Å². The smallest absolute Gasteiger partial charge is 0.481 e. The summed E-state index contributed by atoms with van der Waals surface area (Å²) >= 11 is 0. The number of imidazole rings is 1. The zero-order valence-electron chi connectivity index (χ0n) is 20.8. The van der Waals surface area contributed by atoms with Gasteiger partial charge in [-0.3, -0.25) is 14.3 Å². The first-order chi connectivity index (χ1) is 18.2. The predicted molar refractivity (Wildman–Crippen MR) is 136 cm³/mol. The Kier molecular flexibility index (Phi) is 7.90. The normalized spacial score (nSPS) is 11.3. The molecule has 0 aliphatic carbocycles. The van der Waals surface area contributed by atoms with Gasteiger partial charge in [0.2, 0.25) is 0 Å². The molecule has 4 rings (SSSR count). The fourth-order valence-corrected chi connectivity index (χ4v) is 3.96. The Morgan fingerprint density at radius 3 is 2.18 bits per heavy atom. The summed E-state index contributed by atoms with van der Waals surface area (Å²) in [4.78, 5) is 32.1. The molecule has 0 spiro atoms. The average molecular weight is 527 g/mol. The summed E-state index contributed by atoms with van der Waals surface area (Å²) in [5.74, 6) is 6.45. The molecular formula is C27H25F3N4O4. The third-order valence-electron chi connectivity index (χ3n) is 5.52. The number of hydrogen-bond donors (Lipinski definition) is 1. The monoisotopic (exact) mass is 526 g/mol. The molecule has 0 atom stereocenters. The maximum atomic E-state index is 12.7. The van der Waals surface area contributed by atoms with Crippen LogP contribution < -0.4 is 20.7 Å². The number of ether oxygens (including phenoxy) is 2. The van der Waals surface area contributed by atoms with E-state index in [4.69, 9.17) is 4.74 Å². The maximum absolute atomic E-state index is 12.7. The lowest BCUT2D eigenvalue weighted by Crippen LogP contribution is -2.31. The van der Waals surface area contributed by atoms with E-state index in [0.717, 1.165) is 12.0 Å². The Morgan fingerprint density at radius 2 is 1.55 bits per heavy atom. The molecule has 0 saturated carbocycles. The lowest BCUT2D eigenvalue weighted by Gasteiger charge is -2.08. The van der Waals surface area contributed by atoms with Gasteiger partial charge in [-0.25, -0.2) is 9.78 Å². The Balaban J connectivity index is 1.51. The minimum Gasteiger partial charge on any atom is -0.481 e. The van der Waals surface area contributed by atoms with Crippen molar-refractivity contribution < 1.29 is 22.6 Å². The molecule has 0 unspecified atom stereocenters. The van der Waals surface area contributed by atoms with E-state index < -0.39 is 17.6 Å². The van der Waals surface area contributed by atoms with Crippen LogP contribution in [0.3, 0.4) is 0 Å². The molecule has 0 aliphatic rings. The first kappa shape index (κ1) is 26.6. The van der Waals surface area contributed by atoms with E-state index in [-0.39, 0.29) is 12.4 Å². The van der Waals surface area contributed by atoms with Crippen LogP contribution in [0.4, 0.5) is 13.2 Å². The third-order valence-corrected chi connectivity index (χ3v) is 5.52. The summed E-state index contributed by atoms with van der Waals surface area (Å²) in [6.07, 6.45) is -3.26. The van der Waals surface area contributed by atoms with Crippen molar-refractivity contribution >= 4 is 11.2 Å². The van der Waals surface area contributed by atoms with Crippen molar-refractivity contribution in [2.75, 3.05) is 6.61 Å². The van der Waals surface area contributed by atoms with Crippen molar-refractivity contribution in [2.24, 2.45) is 0 Å². The average Bonchev–Trinajstić information content (AvgIpc) is 3.25.